The number of rotatable bonds is 5. The van der Waals surface area contributed by atoms with Gasteiger partial charge < -0.3 is 14.9 Å². The van der Waals surface area contributed by atoms with E-state index in [0.717, 1.165) is 11.6 Å². The minimum atomic E-state index is -1.29. The second-order valence-corrected chi connectivity index (χ2v) is 4.51. The molecule has 0 aliphatic heterocycles. The van der Waals surface area contributed by atoms with Gasteiger partial charge in [-0.15, -0.1) is 0 Å². The fourth-order valence-electron chi connectivity index (χ4n) is 1.84. The number of carboxylic acids is 1. The van der Waals surface area contributed by atoms with Crippen LogP contribution in [0, 0.1) is 0 Å². The van der Waals surface area contributed by atoms with Crippen LogP contribution in [0.5, 0.6) is 11.5 Å². The summed E-state index contributed by atoms with van der Waals surface area (Å²) in [5.74, 6) is -1.29. The molecule has 2 aromatic rings. The van der Waals surface area contributed by atoms with Crippen LogP contribution >= 0.6 is 0 Å². The highest BCUT2D eigenvalue weighted by Crippen LogP contribution is 2.19. The molecule has 0 heterocycles. The Labute approximate surface area is 127 Å². The standard InChI is InChI=1S/C17H14O5/c1-22-13-6-2-11(3-7-13)4-8-15(18)12-5-9-16(19)14(10-12)17(20)21/h2-10,19H,1H3,(H,20,21)/b8-4+. The van der Waals surface area contributed by atoms with Crippen molar-refractivity contribution in [3.8, 4) is 11.5 Å². The van der Waals surface area contributed by atoms with Crippen LogP contribution in [0.2, 0.25) is 0 Å². The van der Waals surface area contributed by atoms with Crippen molar-refractivity contribution >= 4 is 17.8 Å². The lowest BCUT2D eigenvalue weighted by Gasteiger charge is -2.02. The molecule has 0 saturated carbocycles. The monoisotopic (exact) mass is 298 g/mol. The molecule has 0 radical (unpaired) electrons. The van der Waals surface area contributed by atoms with Gasteiger partial charge in [0.05, 0.1) is 7.11 Å². The Bertz CT molecular complexity index is 729. The molecule has 2 rings (SSSR count). The SMILES string of the molecule is COc1ccc(/C=C/C(=O)c2ccc(O)c(C(=O)O)c2)cc1. The van der Waals surface area contributed by atoms with Crippen LogP contribution in [0.15, 0.2) is 48.5 Å². The molecule has 0 aromatic heterocycles. The number of aromatic hydroxyl groups is 1. The number of hydrogen-bond donors (Lipinski definition) is 2. The van der Waals surface area contributed by atoms with Crippen molar-refractivity contribution in [2.24, 2.45) is 0 Å². The van der Waals surface area contributed by atoms with E-state index in [0.29, 0.717) is 5.75 Å². The quantitative estimate of drug-likeness (QED) is 0.655. The van der Waals surface area contributed by atoms with Crippen LogP contribution in [-0.2, 0) is 0 Å². The van der Waals surface area contributed by atoms with Crippen molar-refractivity contribution in [2.45, 2.75) is 0 Å². The van der Waals surface area contributed by atoms with Gasteiger partial charge in [0.1, 0.15) is 17.1 Å². The molecule has 0 atom stereocenters. The van der Waals surface area contributed by atoms with Gasteiger partial charge in [-0.1, -0.05) is 18.2 Å². The van der Waals surface area contributed by atoms with Crippen molar-refractivity contribution in [2.75, 3.05) is 7.11 Å². The Morgan fingerprint density at radius 2 is 1.77 bits per heavy atom. The van der Waals surface area contributed by atoms with Gasteiger partial charge in [-0.05, 0) is 42.0 Å². The number of hydrogen-bond acceptors (Lipinski definition) is 4. The summed E-state index contributed by atoms with van der Waals surface area (Å²) in [6, 6.07) is 10.9. The maximum absolute atomic E-state index is 12.0. The van der Waals surface area contributed by atoms with Crippen LogP contribution in [0.4, 0.5) is 0 Å². The van der Waals surface area contributed by atoms with Crippen molar-refractivity contribution in [1.82, 2.24) is 0 Å². The number of aromatic carboxylic acids is 1. The van der Waals surface area contributed by atoms with Gasteiger partial charge in [-0.3, -0.25) is 4.79 Å². The number of carboxylic acid groups (broad SMARTS) is 1. The normalized spacial score (nSPS) is 10.6. The summed E-state index contributed by atoms with van der Waals surface area (Å²) in [5, 5.41) is 18.4. The van der Waals surface area contributed by atoms with Gasteiger partial charge in [-0.2, -0.15) is 0 Å². The zero-order valence-electron chi connectivity index (χ0n) is 11.8. The molecule has 0 spiro atoms. The summed E-state index contributed by atoms with van der Waals surface area (Å²) in [4.78, 5) is 23.0. The maximum atomic E-state index is 12.0. The molecule has 0 aliphatic rings. The Kier molecular flexibility index (Phi) is 4.58. The molecular formula is C17H14O5. The molecule has 112 valence electrons. The number of allylic oxidation sites excluding steroid dienone is 1. The minimum Gasteiger partial charge on any atom is -0.507 e. The first kappa shape index (κ1) is 15.3. The molecular weight excluding hydrogens is 284 g/mol. The van der Waals surface area contributed by atoms with Crippen molar-refractivity contribution in [3.63, 3.8) is 0 Å². The van der Waals surface area contributed by atoms with Crippen LogP contribution < -0.4 is 4.74 Å². The van der Waals surface area contributed by atoms with Crippen LogP contribution in [0.25, 0.3) is 6.08 Å². The second-order valence-electron chi connectivity index (χ2n) is 4.51. The molecule has 2 aromatic carbocycles. The number of methoxy groups -OCH3 is 1. The first-order chi connectivity index (χ1) is 10.5. The van der Waals surface area contributed by atoms with E-state index in [4.69, 9.17) is 9.84 Å². The van der Waals surface area contributed by atoms with Gasteiger partial charge in [0, 0.05) is 5.56 Å². The van der Waals surface area contributed by atoms with E-state index in [9.17, 15) is 14.7 Å². The number of carbonyl (C=O) groups is 2. The number of ether oxygens (including phenoxy) is 1. The first-order valence-electron chi connectivity index (χ1n) is 6.44. The molecule has 22 heavy (non-hydrogen) atoms. The van der Waals surface area contributed by atoms with E-state index in [1.165, 1.54) is 18.2 Å². The number of benzene rings is 2. The van der Waals surface area contributed by atoms with E-state index in [1.807, 2.05) is 0 Å². The van der Waals surface area contributed by atoms with Gasteiger partial charge in [0.25, 0.3) is 0 Å². The number of carbonyl (C=O) groups excluding carboxylic acids is 1. The van der Waals surface area contributed by atoms with Gasteiger partial charge in [0.15, 0.2) is 5.78 Å². The topological polar surface area (TPSA) is 83.8 Å². The fraction of sp³-hybridized carbons (Fsp3) is 0.0588. The van der Waals surface area contributed by atoms with Crippen LogP contribution in [0.1, 0.15) is 26.3 Å². The Balaban J connectivity index is 2.19. The van der Waals surface area contributed by atoms with E-state index < -0.39 is 5.97 Å². The van der Waals surface area contributed by atoms with E-state index in [1.54, 1.807) is 37.5 Å². The molecule has 5 nitrogen and oxygen atoms in total. The van der Waals surface area contributed by atoms with Gasteiger partial charge in [0.2, 0.25) is 0 Å². The van der Waals surface area contributed by atoms with Crippen molar-refractivity contribution in [1.29, 1.82) is 0 Å². The third-order valence-corrected chi connectivity index (χ3v) is 3.05. The summed E-state index contributed by atoms with van der Waals surface area (Å²) in [6.45, 7) is 0. The largest absolute Gasteiger partial charge is 0.507 e. The minimum absolute atomic E-state index is 0.194. The van der Waals surface area contributed by atoms with Crippen molar-refractivity contribution < 1.29 is 24.5 Å². The predicted molar refractivity (Wildman–Crippen MR) is 81.4 cm³/mol. The predicted octanol–water partition coefficient (Wildman–Crippen LogP) is 3.00. The van der Waals surface area contributed by atoms with E-state index >= 15 is 0 Å². The molecule has 0 unspecified atom stereocenters. The molecule has 0 saturated heterocycles. The van der Waals surface area contributed by atoms with E-state index in [2.05, 4.69) is 0 Å². The molecule has 0 bridgehead atoms. The van der Waals surface area contributed by atoms with Crippen LogP contribution in [0.3, 0.4) is 0 Å². The molecule has 2 N–H and O–H groups in total. The summed E-state index contributed by atoms with van der Waals surface area (Å²) in [7, 11) is 1.57. The second kappa shape index (κ2) is 6.58. The molecule has 0 amide bonds. The average molecular weight is 298 g/mol. The highest BCUT2D eigenvalue weighted by atomic mass is 16.5. The average Bonchev–Trinajstić information content (AvgIpc) is 2.53. The van der Waals surface area contributed by atoms with Crippen molar-refractivity contribution in [3.05, 3.63) is 65.2 Å². The lowest BCUT2D eigenvalue weighted by Crippen LogP contribution is -2.01. The van der Waals surface area contributed by atoms with Gasteiger partial charge in [-0.25, -0.2) is 4.79 Å². The first-order valence-corrected chi connectivity index (χ1v) is 6.44. The molecule has 0 fully saturated rings. The zero-order valence-corrected chi connectivity index (χ0v) is 11.8. The van der Waals surface area contributed by atoms with Crippen LogP contribution in [-0.4, -0.2) is 29.1 Å². The smallest absolute Gasteiger partial charge is 0.339 e. The Hall–Kier alpha value is -3.08. The zero-order chi connectivity index (χ0) is 16.1. The third-order valence-electron chi connectivity index (χ3n) is 3.05. The highest BCUT2D eigenvalue weighted by Gasteiger charge is 2.12. The maximum Gasteiger partial charge on any atom is 0.339 e. The third kappa shape index (κ3) is 3.52. The number of phenols is 1. The van der Waals surface area contributed by atoms with Gasteiger partial charge >= 0.3 is 5.97 Å². The summed E-state index contributed by atoms with van der Waals surface area (Å²) in [5.41, 5.74) is 0.704. The Morgan fingerprint density at radius 1 is 1.09 bits per heavy atom. The Morgan fingerprint density at radius 3 is 2.36 bits per heavy atom. The van der Waals surface area contributed by atoms with E-state index in [-0.39, 0.29) is 22.7 Å². The highest BCUT2D eigenvalue weighted by molar-refractivity contribution is 6.08. The lowest BCUT2D eigenvalue weighted by molar-refractivity contribution is 0.0693. The lowest BCUT2D eigenvalue weighted by atomic mass is 10.1. The fourth-order valence-corrected chi connectivity index (χ4v) is 1.84. The summed E-state index contributed by atoms with van der Waals surface area (Å²) >= 11 is 0. The molecule has 0 aliphatic carbocycles. The summed E-state index contributed by atoms with van der Waals surface area (Å²) in [6.07, 6.45) is 2.97. The summed E-state index contributed by atoms with van der Waals surface area (Å²) < 4.78 is 5.04. The number of ketones is 1. The molecule has 5 heteroatoms.